The number of methoxy groups -OCH3 is 1. The van der Waals surface area contributed by atoms with Crippen molar-refractivity contribution in [3.05, 3.63) is 84.9 Å². The molecule has 0 bridgehead atoms. The molecule has 3 aromatic carbocycles. The number of halogens is 3. The van der Waals surface area contributed by atoms with Gasteiger partial charge in [0.05, 0.1) is 33.5 Å². The van der Waals surface area contributed by atoms with Crippen LogP contribution in [0.4, 0.5) is 0 Å². The highest BCUT2D eigenvalue weighted by molar-refractivity contribution is 14.1. The summed E-state index contributed by atoms with van der Waals surface area (Å²) in [6, 6.07) is 15.9. The second-order valence-electron chi connectivity index (χ2n) is 6.72. The summed E-state index contributed by atoms with van der Waals surface area (Å²) in [5, 5.41) is 5.01. The molecule has 0 unspecified atom stereocenters. The van der Waals surface area contributed by atoms with Gasteiger partial charge in [-0.15, -0.1) is 0 Å². The molecular weight excluding hydrogens is 578 g/mol. The van der Waals surface area contributed by atoms with Gasteiger partial charge in [-0.05, 0) is 89.2 Å². The standard InChI is InChI=1S/C24H21Cl2IN2O4/c1-3-32-23-11-15(5-9-21(23)33-14-16-4-7-18(25)19(26)10-16)13-28-29-24(30)17-6-8-20(27)22(12-17)31-2/h4-13H,3,14H2,1-2H3,(H,29,30)/b28-13-. The third kappa shape index (κ3) is 6.99. The highest BCUT2D eigenvalue weighted by Crippen LogP contribution is 2.30. The predicted molar refractivity (Wildman–Crippen MR) is 139 cm³/mol. The van der Waals surface area contributed by atoms with E-state index in [4.69, 9.17) is 37.4 Å². The van der Waals surface area contributed by atoms with E-state index in [1.807, 2.05) is 25.1 Å². The Bertz CT molecular complexity index is 1170. The number of hydrazone groups is 1. The summed E-state index contributed by atoms with van der Waals surface area (Å²) < 4.78 is 17.8. The average Bonchev–Trinajstić information content (AvgIpc) is 2.81. The molecule has 0 atom stereocenters. The number of nitrogens with one attached hydrogen (secondary N) is 1. The number of rotatable bonds is 9. The Morgan fingerprint density at radius 2 is 1.82 bits per heavy atom. The van der Waals surface area contributed by atoms with Crippen LogP contribution in [-0.2, 0) is 6.61 Å². The van der Waals surface area contributed by atoms with E-state index >= 15 is 0 Å². The van der Waals surface area contributed by atoms with Gasteiger partial charge in [-0.3, -0.25) is 4.79 Å². The summed E-state index contributed by atoms with van der Waals surface area (Å²) >= 11 is 14.2. The van der Waals surface area contributed by atoms with Gasteiger partial charge < -0.3 is 14.2 Å². The normalized spacial score (nSPS) is 10.8. The average molecular weight is 599 g/mol. The van der Waals surface area contributed by atoms with Crippen molar-refractivity contribution in [3.8, 4) is 17.2 Å². The molecule has 1 amide bonds. The van der Waals surface area contributed by atoms with E-state index in [9.17, 15) is 4.79 Å². The van der Waals surface area contributed by atoms with Gasteiger partial charge in [0.25, 0.3) is 5.91 Å². The highest BCUT2D eigenvalue weighted by atomic mass is 127. The van der Waals surface area contributed by atoms with Gasteiger partial charge in [0, 0.05) is 5.56 Å². The first kappa shape index (κ1) is 25.1. The van der Waals surface area contributed by atoms with Gasteiger partial charge in [0.2, 0.25) is 0 Å². The Kier molecular flexibility index (Phi) is 9.22. The first-order valence-electron chi connectivity index (χ1n) is 9.91. The molecule has 0 aliphatic rings. The fourth-order valence-electron chi connectivity index (χ4n) is 2.81. The zero-order chi connectivity index (χ0) is 23.8. The molecule has 6 nitrogen and oxygen atoms in total. The van der Waals surface area contributed by atoms with E-state index in [1.165, 1.54) is 6.21 Å². The lowest BCUT2D eigenvalue weighted by molar-refractivity contribution is 0.0954. The van der Waals surface area contributed by atoms with Gasteiger partial charge in [-0.25, -0.2) is 5.43 Å². The summed E-state index contributed by atoms with van der Waals surface area (Å²) in [6.45, 7) is 2.66. The fourth-order valence-corrected chi connectivity index (χ4v) is 3.69. The third-order valence-corrected chi connectivity index (χ3v) is 6.07. The van der Waals surface area contributed by atoms with Crippen molar-refractivity contribution in [2.75, 3.05) is 13.7 Å². The van der Waals surface area contributed by atoms with E-state index in [0.717, 1.165) is 14.7 Å². The second-order valence-corrected chi connectivity index (χ2v) is 8.70. The quantitative estimate of drug-likeness (QED) is 0.177. The number of hydrogen-bond donors (Lipinski definition) is 1. The molecule has 0 fully saturated rings. The SMILES string of the molecule is CCOc1cc(/C=N\NC(=O)c2ccc(I)c(OC)c2)ccc1OCc1ccc(Cl)c(Cl)c1. The van der Waals surface area contributed by atoms with Crippen molar-refractivity contribution in [1.29, 1.82) is 0 Å². The zero-order valence-corrected chi connectivity index (χ0v) is 21.6. The number of carbonyl (C=O) groups is 1. The minimum absolute atomic E-state index is 0.305. The molecule has 0 spiro atoms. The lowest BCUT2D eigenvalue weighted by atomic mass is 10.2. The minimum atomic E-state index is -0.340. The fraction of sp³-hybridized carbons (Fsp3) is 0.167. The molecule has 3 aromatic rings. The van der Waals surface area contributed by atoms with Crippen LogP contribution in [0.3, 0.4) is 0 Å². The van der Waals surface area contributed by atoms with Crippen molar-refractivity contribution in [1.82, 2.24) is 5.43 Å². The van der Waals surface area contributed by atoms with E-state index in [0.29, 0.717) is 46.1 Å². The van der Waals surface area contributed by atoms with Gasteiger partial charge in [-0.1, -0.05) is 29.3 Å². The molecule has 3 rings (SSSR count). The highest BCUT2D eigenvalue weighted by Gasteiger charge is 2.10. The molecule has 0 heterocycles. The van der Waals surface area contributed by atoms with Crippen LogP contribution in [-0.4, -0.2) is 25.8 Å². The number of benzene rings is 3. The maximum Gasteiger partial charge on any atom is 0.271 e. The Morgan fingerprint density at radius 3 is 2.55 bits per heavy atom. The number of amides is 1. The summed E-state index contributed by atoms with van der Waals surface area (Å²) in [6.07, 6.45) is 1.53. The van der Waals surface area contributed by atoms with E-state index in [2.05, 4.69) is 33.1 Å². The predicted octanol–water partition coefficient (Wildman–Crippen LogP) is 6.35. The molecule has 1 N–H and O–H groups in total. The third-order valence-electron chi connectivity index (χ3n) is 4.44. The van der Waals surface area contributed by atoms with Crippen LogP contribution in [0.25, 0.3) is 0 Å². The smallest absolute Gasteiger partial charge is 0.271 e. The number of nitrogens with zero attached hydrogens (tertiary/aromatic N) is 1. The molecule has 0 aliphatic heterocycles. The molecular formula is C24H21Cl2IN2O4. The maximum absolute atomic E-state index is 12.4. The molecule has 0 radical (unpaired) electrons. The molecule has 0 saturated carbocycles. The van der Waals surface area contributed by atoms with Gasteiger partial charge >= 0.3 is 0 Å². The largest absolute Gasteiger partial charge is 0.496 e. The summed E-state index contributed by atoms with van der Waals surface area (Å²) in [5.74, 6) is 1.43. The van der Waals surface area contributed by atoms with Crippen LogP contribution >= 0.6 is 45.8 Å². The Labute approximate surface area is 216 Å². The van der Waals surface area contributed by atoms with Gasteiger partial charge in [0.1, 0.15) is 12.4 Å². The minimum Gasteiger partial charge on any atom is -0.496 e. The van der Waals surface area contributed by atoms with Crippen LogP contribution in [0, 0.1) is 3.57 Å². The van der Waals surface area contributed by atoms with Crippen LogP contribution in [0.5, 0.6) is 17.2 Å². The summed E-state index contributed by atoms with van der Waals surface area (Å²) in [4.78, 5) is 12.4. The topological polar surface area (TPSA) is 69.2 Å². The van der Waals surface area contributed by atoms with Crippen molar-refractivity contribution in [2.24, 2.45) is 5.10 Å². The molecule has 0 aliphatic carbocycles. The second kappa shape index (κ2) is 12.1. The number of ether oxygens (including phenoxy) is 3. The molecule has 0 aromatic heterocycles. The van der Waals surface area contributed by atoms with Crippen LogP contribution in [0.1, 0.15) is 28.4 Å². The van der Waals surface area contributed by atoms with Crippen LogP contribution in [0.2, 0.25) is 10.0 Å². The van der Waals surface area contributed by atoms with E-state index < -0.39 is 0 Å². The first-order chi connectivity index (χ1) is 15.9. The van der Waals surface area contributed by atoms with Crippen molar-refractivity contribution in [2.45, 2.75) is 13.5 Å². The van der Waals surface area contributed by atoms with Crippen molar-refractivity contribution < 1.29 is 19.0 Å². The molecule has 0 saturated heterocycles. The maximum atomic E-state index is 12.4. The Hall–Kier alpha value is -2.49. The number of carbonyl (C=O) groups excluding carboxylic acids is 1. The molecule has 33 heavy (non-hydrogen) atoms. The van der Waals surface area contributed by atoms with E-state index in [1.54, 1.807) is 43.5 Å². The van der Waals surface area contributed by atoms with Crippen LogP contribution < -0.4 is 19.6 Å². The van der Waals surface area contributed by atoms with Crippen molar-refractivity contribution in [3.63, 3.8) is 0 Å². The summed E-state index contributed by atoms with van der Waals surface area (Å²) in [7, 11) is 1.56. The van der Waals surface area contributed by atoms with Gasteiger partial charge in [0.15, 0.2) is 11.5 Å². The lowest BCUT2D eigenvalue weighted by Gasteiger charge is -2.13. The first-order valence-corrected chi connectivity index (χ1v) is 11.7. The van der Waals surface area contributed by atoms with E-state index in [-0.39, 0.29) is 5.91 Å². The Balaban J connectivity index is 1.67. The van der Waals surface area contributed by atoms with Crippen molar-refractivity contribution >= 4 is 57.9 Å². The monoisotopic (exact) mass is 598 g/mol. The zero-order valence-electron chi connectivity index (χ0n) is 17.9. The van der Waals surface area contributed by atoms with Gasteiger partial charge in [-0.2, -0.15) is 5.10 Å². The number of hydrogen-bond acceptors (Lipinski definition) is 5. The Morgan fingerprint density at radius 1 is 1.00 bits per heavy atom. The van der Waals surface area contributed by atoms with Crippen LogP contribution in [0.15, 0.2) is 59.7 Å². The molecule has 172 valence electrons. The summed E-state index contributed by atoms with van der Waals surface area (Å²) in [5.41, 5.74) is 4.59. The lowest BCUT2D eigenvalue weighted by Crippen LogP contribution is -2.17. The molecule has 9 heteroatoms.